The van der Waals surface area contributed by atoms with E-state index in [-0.39, 0.29) is 10.9 Å². The van der Waals surface area contributed by atoms with E-state index in [1.165, 1.54) is 18.3 Å². The molecule has 11 heavy (non-hydrogen) atoms. The molecular formula is C5H8NO4P. The van der Waals surface area contributed by atoms with Crippen molar-refractivity contribution in [2.75, 3.05) is 0 Å². The molecule has 0 aromatic carbocycles. The Labute approximate surface area is 63.2 Å². The maximum absolute atomic E-state index is 10.5. The van der Waals surface area contributed by atoms with Crippen LogP contribution in [0.25, 0.3) is 0 Å². The summed E-state index contributed by atoms with van der Waals surface area (Å²) >= 11 is 0. The smallest absolute Gasteiger partial charge is 0.374 e. The van der Waals surface area contributed by atoms with Crippen molar-refractivity contribution in [3.05, 3.63) is 24.4 Å². The minimum atomic E-state index is -4.13. The molecule has 1 aromatic heterocycles. The first kappa shape index (κ1) is 10.3. The zero-order valence-corrected chi connectivity index (χ0v) is 6.40. The first-order valence-corrected chi connectivity index (χ1v) is 4.19. The van der Waals surface area contributed by atoms with Gasteiger partial charge in [-0.2, -0.15) is 0 Å². The molecule has 62 valence electrons. The number of hydrogen-bond donors (Lipinski definition) is 2. The Morgan fingerprint density at radius 2 is 2.00 bits per heavy atom. The minimum Gasteiger partial charge on any atom is -0.412 e. The number of nitrogens with zero attached hydrogens (tertiary/aromatic N) is 1. The normalized spacial score (nSPS) is 10.4. The first-order chi connectivity index (χ1) is 4.61. The van der Waals surface area contributed by atoms with Crippen LogP contribution in [0.1, 0.15) is 0 Å². The second kappa shape index (κ2) is 3.59. The molecule has 6 heteroatoms. The monoisotopic (exact) mass is 177 g/mol. The third-order valence-electron chi connectivity index (χ3n) is 0.948. The lowest BCUT2D eigenvalue weighted by molar-refractivity contribution is 0.386. The number of hydrogen-bond acceptors (Lipinski definition) is 2. The summed E-state index contributed by atoms with van der Waals surface area (Å²) in [6, 6.07) is 4.42. The second-order valence-electron chi connectivity index (χ2n) is 1.73. The maximum atomic E-state index is 10.5. The van der Waals surface area contributed by atoms with Gasteiger partial charge >= 0.3 is 7.60 Å². The van der Waals surface area contributed by atoms with Crippen LogP contribution in [0, 0.1) is 0 Å². The Bertz CT molecular complexity index is 256. The standard InChI is InChI=1S/C5H6NO3P.H2O/c7-10(8,9)5-3-1-2-4-6-5;/h1-4H,(H2,7,8,9);1H2. The first-order valence-electron chi connectivity index (χ1n) is 2.58. The molecule has 0 aliphatic rings. The van der Waals surface area contributed by atoms with Gasteiger partial charge in [-0.25, -0.2) is 4.98 Å². The summed E-state index contributed by atoms with van der Waals surface area (Å²) < 4.78 is 10.5. The topological polar surface area (TPSA) is 102 Å². The van der Waals surface area contributed by atoms with Gasteiger partial charge in [0.2, 0.25) is 0 Å². The fourth-order valence-corrected chi connectivity index (χ4v) is 1.02. The van der Waals surface area contributed by atoms with E-state index in [0.29, 0.717) is 0 Å². The quantitative estimate of drug-likeness (QED) is 0.540. The van der Waals surface area contributed by atoms with E-state index in [4.69, 9.17) is 9.79 Å². The molecule has 0 amide bonds. The Morgan fingerprint density at radius 3 is 2.27 bits per heavy atom. The number of rotatable bonds is 1. The average molecular weight is 177 g/mol. The van der Waals surface area contributed by atoms with Crippen molar-refractivity contribution in [2.24, 2.45) is 0 Å². The van der Waals surface area contributed by atoms with E-state index in [1.807, 2.05) is 0 Å². The van der Waals surface area contributed by atoms with E-state index >= 15 is 0 Å². The Hall–Kier alpha value is -0.740. The molecule has 0 spiro atoms. The van der Waals surface area contributed by atoms with Crippen LogP contribution in [0.3, 0.4) is 0 Å². The molecule has 0 bridgehead atoms. The molecule has 0 aliphatic heterocycles. The van der Waals surface area contributed by atoms with Gasteiger partial charge < -0.3 is 15.3 Å². The van der Waals surface area contributed by atoms with Crippen LogP contribution < -0.4 is 5.44 Å². The Morgan fingerprint density at radius 1 is 1.36 bits per heavy atom. The summed E-state index contributed by atoms with van der Waals surface area (Å²) in [5.41, 5.74) is -0.185. The average Bonchev–Trinajstić information content (AvgIpc) is 1.88. The molecule has 0 fully saturated rings. The summed E-state index contributed by atoms with van der Waals surface area (Å²) in [5, 5.41) is 0. The van der Waals surface area contributed by atoms with Crippen molar-refractivity contribution in [3.8, 4) is 0 Å². The second-order valence-corrected chi connectivity index (χ2v) is 3.28. The van der Waals surface area contributed by atoms with Crippen LogP contribution in [0.4, 0.5) is 0 Å². The SMILES string of the molecule is O.O=P(O)(O)c1ccccn1. The molecule has 4 N–H and O–H groups in total. The molecule has 0 aliphatic carbocycles. The zero-order chi connectivity index (χ0) is 7.61. The molecule has 0 atom stereocenters. The fraction of sp³-hybridized carbons (Fsp3) is 0. The lowest BCUT2D eigenvalue weighted by atomic mass is 10.5. The van der Waals surface area contributed by atoms with Crippen LogP contribution in [-0.4, -0.2) is 20.2 Å². The van der Waals surface area contributed by atoms with Gasteiger partial charge in [-0.3, -0.25) is 4.57 Å². The van der Waals surface area contributed by atoms with E-state index in [1.54, 1.807) is 6.07 Å². The largest absolute Gasteiger partial charge is 0.412 e. The van der Waals surface area contributed by atoms with E-state index < -0.39 is 7.60 Å². The van der Waals surface area contributed by atoms with Crippen molar-refractivity contribution in [1.82, 2.24) is 4.98 Å². The highest BCUT2D eigenvalue weighted by Gasteiger charge is 2.16. The van der Waals surface area contributed by atoms with Crippen LogP contribution in [0.5, 0.6) is 0 Å². The third-order valence-corrected chi connectivity index (χ3v) is 1.81. The summed E-state index contributed by atoms with van der Waals surface area (Å²) in [5.74, 6) is 0. The van der Waals surface area contributed by atoms with Gasteiger partial charge in [0.05, 0.1) is 0 Å². The van der Waals surface area contributed by atoms with Gasteiger partial charge in [-0.1, -0.05) is 6.07 Å². The van der Waals surface area contributed by atoms with Crippen LogP contribution >= 0.6 is 7.60 Å². The Kier molecular flexibility index (Phi) is 3.35. The number of aromatic nitrogens is 1. The maximum Gasteiger partial charge on any atom is 0.374 e. The summed E-state index contributed by atoms with van der Waals surface area (Å²) in [7, 11) is -4.13. The Balaban J connectivity index is 0.000001000. The fourth-order valence-electron chi connectivity index (χ4n) is 0.526. The van der Waals surface area contributed by atoms with Gasteiger partial charge in [0.1, 0.15) is 0 Å². The molecule has 0 radical (unpaired) electrons. The molecule has 1 heterocycles. The third kappa shape index (κ3) is 2.78. The van der Waals surface area contributed by atoms with Gasteiger partial charge in [-0.15, -0.1) is 0 Å². The van der Waals surface area contributed by atoms with Crippen LogP contribution in [0.15, 0.2) is 24.4 Å². The highest BCUT2D eigenvalue weighted by molar-refractivity contribution is 7.59. The highest BCUT2D eigenvalue weighted by atomic mass is 31.2. The summed E-state index contributed by atoms with van der Waals surface area (Å²) in [6.07, 6.45) is 1.34. The predicted molar refractivity (Wildman–Crippen MR) is 39.5 cm³/mol. The van der Waals surface area contributed by atoms with E-state index in [0.717, 1.165) is 0 Å². The summed E-state index contributed by atoms with van der Waals surface area (Å²) in [6.45, 7) is 0. The zero-order valence-electron chi connectivity index (χ0n) is 5.51. The lowest BCUT2D eigenvalue weighted by Crippen LogP contribution is -2.06. The van der Waals surface area contributed by atoms with Gasteiger partial charge in [0.15, 0.2) is 5.44 Å². The molecular weight excluding hydrogens is 169 g/mol. The molecule has 0 unspecified atom stereocenters. The van der Waals surface area contributed by atoms with Gasteiger partial charge in [0.25, 0.3) is 0 Å². The predicted octanol–water partition coefficient (Wildman–Crippen LogP) is -0.940. The van der Waals surface area contributed by atoms with Crippen molar-refractivity contribution >= 4 is 13.0 Å². The molecule has 0 saturated carbocycles. The van der Waals surface area contributed by atoms with E-state index in [2.05, 4.69) is 4.98 Å². The molecule has 5 nitrogen and oxygen atoms in total. The molecule has 0 saturated heterocycles. The summed E-state index contributed by atoms with van der Waals surface area (Å²) in [4.78, 5) is 20.6. The van der Waals surface area contributed by atoms with Gasteiger partial charge in [-0.05, 0) is 12.1 Å². The van der Waals surface area contributed by atoms with Crippen LogP contribution in [0.2, 0.25) is 0 Å². The van der Waals surface area contributed by atoms with Crippen molar-refractivity contribution < 1.29 is 19.8 Å². The highest BCUT2D eigenvalue weighted by Crippen LogP contribution is 2.31. The van der Waals surface area contributed by atoms with E-state index in [9.17, 15) is 4.57 Å². The minimum absolute atomic E-state index is 0. The molecule has 1 rings (SSSR count). The lowest BCUT2D eigenvalue weighted by Gasteiger charge is -1.99. The van der Waals surface area contributed by atoms with Crippen molar-refractivity contribution in [3.63, 3.8) is 0 Å². The van der Waals surface area contributed by atoms with Crippen molar-refractivity contribution in [1.29, 1.82) is 0 Å². The number of pyridine rings is 1. The van der Waals surface area contributed by atoms with Crippen LogP contribution in [-0.2, 0) is 4.57 Å². The molecule has 1 aromatic rings. The van der Waals surface area contributed by atoms with Gasteiger partial charge in [0, 0.05) is 6.20 Å². The van der Waals surface area contributed by atoms with Crippen molar-refractivity contribution in [2.45, 2.75) is 0 Å².